The Bertz CT molecular complexity index is 1490. The van der Waals surface area contributed by atoms with Crippen LogP contribution in [0.3, 0.4) is 0 Å². The Morgan fingerprint density at radius 2 is 1.79 bits per heavy atom. The fourth-order valence-corrected chi connectivity index (χ4v) is 6.06. The molecular weight excluding hydrogens is 464 g/mol. The van der Waals surface area contributed by atoms with Gasteiger partial charge in [-0.15, -0.1) is 11.3 Å². The first-order chi connectivity index (χ1) is 16.7. The van der Waals surface area contributed by atoms with Crippen LogP contribution in [0, 0.1) is 0 Å². The number of carbonyl (C=O) groups is 1. The van der Waals surface area contributed by atoms with Crippen LogP contribution in [0.2, 0.25) is 0 Å². The summed E-state index contributed by atoms with van der Waals surface area (Å²) in [6, 6.07) is 19.8. The molecule has 0 radical (unpaired) electrons. The minimum Gasteiger partial charge on any atom is -0.497 e. The summed E-state index contributed by atoms with van der Waals surface area (Å²) in [5.41, 5.74) is 3.39. The molecule has 5 aromatic rings. The molecule has 6 rings (SSSR count). The van der Waals surface area contributed by atoms with Crippen LogP contribution >= 0.6 is 22.7 Å². The summed E-state index contributed by atoms with van der Waals surface area (Å²) in [5, 5.41) is 3.92. The quantitative estimate of drug-likeness (QED) is 0.334. The van der Waals surface area contributed by atoms with E-state index in [2.05, 4.69) is 4.90 Å². The van der Waals surface area contributed by atoms with Gasteiger partial charge < -0.3 is 14.5 Å². The predicted octanol–water partition coefficient (Wildman–Crippen LogP) is 5.54. The molecule has 1 aliphatic rings. The number of ether oxygens (including phenoxy) is 1. The van der Waals surface area contributed by atoms with Crippen LogP contribution in [0.1, 0.15) is 10.4 Å². The van der Waals surface area contributed by atoms with E-state index in [1.807, 2.05) is 70.9 Å². The first kappa shape index (κ1) is 21.1. The smallest absolute Gasteiger partial charge is 0.254 e. The van der Waals surface area contributed by atoms with E-state index in [1.165, 1.54) is 0 Å². The van der Waals surface area contributed by atoms with Crippen LogP contribution in [0.4, 0.5) is 5.13 Å². The van der Waals surface area contributed by atoms with Crippen molar-refractivity contribution in [2.24, 2.45) is 0 Å². The summed E-state index contributed by atoms with van der Waals surface area (Å²) in [6.07, 6.45) is 0. The summed E-state index contributed by atoms with van der Waals surface area (Å²) >= 11 is 3.30. The topological polar surface area (TPSA) is 58.6 Å². The number of thiophene rings is 1. The first-order valence-electron chi connectivity index (χ1n) is 11.1. The summed E-state index contributed by atoms with van der Waals surface area (Å²) in [6.45, 7) is 2.82. The molecule has 1 fully saturated rings. The number of methoxy groups -OCH3 is 1. The molecule has 0 bridgehead atoms. The Kier molecular flexibility index (Phi) is 5.39. The molecule has 0 aliphatic carbocycles. The molecule has 0 unspecified atom stereocenters. The minimum atomic E-state index is 0.0603. The van der Waals surface area contributed by atoms with Crippen molar-refractivity contribution in [3.63, 3.8) is 0 Å². The molecule has 0 N–H and O–H groups in total. The second-order valence-electron chi connectivity index (χ2n) is 8.16. The minimum absolute atomic E-state index is 0.0603. The van der Waals surface area contributed by atoms with Crippen molar-refractivity contribution < 1.29 is 9.53 Å². The highest BCUT2D eigenvalue weighted by Gasteiger charge is 2.26. The summed E-state index contributed by atoms with van der Waals surface area (Å²) < 4.78 is 6.45. The van der Waals surface area contributed by atoms with Crippen molar-refractivity contribution in [1.29, 1.82) is 0 Å². The normalized spacial score (nSPS) is 14.1. The Morgan fingerprint density at radius 1 is 0.941 bits per heavy atom. The van der Waals surface area contributed by atoms with Gasteiger partial charge in [0, 0.05) is 31.6 Å². The third-order valence-electron chi connectivity index (χ3n) is 6.14. The average Bonchev–Trinajstić information content (AvgIpc) is 3.57. The molecule has 0 saturated carbocycles. The number of benzene rings is 2. The molecule has 3 aromatic heterocycles. The van der Waals surface area contributed by atoms with E-state index in [0.717, 1.165) is 61.2 Å². The van der Waals surface area contributed by atoms with Gasteiger partial charge in [-0.25, -0.2) is 9.97 Å². The van der Waals surface area contributed by atoms with Crippen molar-refractivity contribution in [1.82, 2.24) is 14.9 Å². The molecule has 4 heterocycles. The van der Waals surface area contributed by atoms with E-state index < -0.39 is 0 Å². The second kappa shape index (κ2) is 8.70. The van der Waals surface area contributed by atoms with Crippen molar-refractivity contribution in [3.05, 3.63) is 71.6 Å². The van der Waals surface area contributed by atoms with Gasteiger partial charge >= 0.3 is 0 Å². The summed E-state index contributed by atoms with van der Waals surface area (Å²) in [7, 11) is 1.68. The highest BCUT2D eigenvalue weighted by Crippen LogP contribution is 2.33. The molecule has 1 amide bonds. The highest BCUT2D eigenvalue weighted by atomic mass is 32.1. The van der Waals surface area contributed by atoms with E-state index in [-0.39, 0.29) is 5.91 Å². The molecule has 0 atom stereocenters. The van der Waals surface area contributed by atoms with Crippen LogP contribution in [0.15, 0.2) is 66.0 Å². The van der Waals surface area contributed by atoms with Gasteiger partial charge in [0.25, 0.3) is 5.91 Å². The van der Waals surface area contributed by atoms with Gasteiger partial charge in [-0.05, 0) is 41.8 Å². The lowest BCUT2D eigenvalue weighted by Gasteiger charge is -2.34. The number of nitrogens with zero attached hydrogens (tertiary/aromatic N) is 4. The Hall–Kier alpha value is -3.49. The maximum atomic E-state index is 13.6. The number of aromatic nitrogens is 2. The van der Waals surface area contributed by atoms with Crippen molar-refractivity contribution in [2.75, 3.05) is 38.2 Å². The molecule has 34 heavy (non-hydrogen) atoms. The molecule has 6 nitrogen and oxygen atoms in total. The molecule has 2 aromatic carbocycles. The van der Waals surface area contributed by atoms with E-state index >= 15 is 0 Å². The number of thiazole rings is 1. The van der Waals surface area contributed by atoms with Gasteiger partial charge in [0.05, 0.1) is 39.0 Å². The number of amides is 1. The van der Waals surface area contributed by atoms with E-state index in [1.54, 1.807) is 29.8 Å². The van der Waals surface area contributed by atoms with Gasteiger partial charge in [-0.1, -0.05) is 35.6 Å². The number of hydrogen-bond donors (Lipinski definition) is 0. The first-order valence-corrected chi connectivity index (χ1v) is 12.8. The number of hydrogen-bond acceptors (Lipinski definition) is 7. The largest absolute Gasteiger partial charge is 0.497 e. The van der Waals surface area contributed by atoms with E-state index in [0.29, 0.717) is 13.1 Å². The number of piperazine rings is 1. The van der Waals surface area contributed by atoms with Crippen LogP contribution in [-0.2, 0) is 0 Å². The fraction of sp³-hybridized carbons (Fsp3) is 0.192. The van der Waals surface area contributed by atoms with Crippen LogP contribution in [0.5, 0.6) is 5.75 Å². The lowest BCUT2D eigenvalue weighted by atomic mass is 10.1. The zero-order valence-corrected chi connectivity index (χ0v) is 20.2. The summed E-state index contributed by atoms with van der Waals surface area (Å²) in [5.74, 6) is 0.898. The lowest BCUT2D eigenvalue weighted by Crippen LogP contribution is -2.48. The van der Waals surface area contributed by atoms with Crippen molar-refractivity contribution >= 4 is 54.8 Å². The standard InChI is InChI=1S/C26H22N4O2S2/c1-32-17-8-9-21-24(15-17)34-26(28-21)30-12-10-29(11-13-30)25(31)19-16-22(23-7-4-14-33-23)27-20-6-3-2-5-18(19)20/h2-9,14-16H,10-13H2,1H3. The Morgan fingerprint density at radius 3 is 2.59 bits per heavy atom. The van der Waals surface area contributed by atoms with Crippen molar-refractivity contribution in [3.8, 4) is 16.3 Å². The molecule has 8 heteroatoms. The number of fused-ring (bicyclic) bond motifs is 2. The zero-order valence-electron chi connectivity index (χ0n) is 18.6. The average molecular weight is 487 g/mol. The van der Waals surface area contributed by atoms with Crippen LogP contribution in [-0.4, -0.2) is 54.1 Å². The second-order valence-corrected chi connectivity index (χ2v) is 10.1. The molecule has 170 valence electrons. The number of pyridine rings is 1. The van der Waals surface area contributed by atoms with E-state index in [4.69, 9.17) is 14.7 Å². The third kappa shape index (κ3) is 3.78. The number of anilines is 1. The van der Waals surface area contributed by atoms with E-state index in [9.17, 15) is 4.79 Å². The summed E-state index contributed by atoms with van der Waals surface area (Å²) in [4.78, 5) is 28.5. The maximum absolute atomic E-state index is 13.6. The maximum Gasteiger partial charge on any atom is 0.254 e. The fourth-order valence-electron chi connectivity index (χ4n) is 4.33. The monoisotopic (exact) mass is 486 g/mol. The number of rotatable bonds is 4. The van der Waals surface area contributed by atoms with Gasteiger partial charge in [0.2, 0.25) is 0 Å². The van der Waals surface area contributed by atoms with Gasteiger partial charge in [-0.3, -0.25) is 4.79 Å². The van der Waals surface area contributed by atoms with Gasteiger partial charge in [-0.2, -0.15) is 0 Å². The van der Waals surface area contributed by atoms with Crippen LogP contribution < -0.4 is 9.64 Å². The van der Waals surface area contributed by atoms with Gasteiger partial charge in [0.1, 0.15) is 5.75 Å². The molecule has 1 saturated heterocycles. The molecule has 1 aliphatic heterocycles. The lowest BCUT2D eigenvalue weighted by molar-refractivity contribution is 0.0748. The zero-order chi connectivity index (χ0) is 23.1. The number of carbonyl (C=O) groups excluding carboxylic acids is 1. The predicted molar refractivity (Wildman–Crippen MR) is 139 cm³/mol. The Labute approximate surface area is 205 Å². The third-order valence-corrected chi connectivity index (χ3v) is 8.11. The highest BCUT2D eigenvalue weighted by molar-refractivity contribution is 7.22. The molecule has 0 spiro atoms. The van der Waals surface area contributed by atoms with Crippen molar-refractivity contribution in [2.45, 2.75) is 0 Å². The Balaban J connectivity index is 1.25. The SMILES string of the molecule is COc1ccc2nc(N3CCN(C(=O)c4cc(-c5cccs5)nc5ccccc45)CC3)sc2c1. The van der Waals surface area contributed by atoms with Crippen LogP contribution in [0.25, 0.3) is 31.7 Å². The number of para-hydroxylation sites is 1. The molecular formula is C26H22N4O2S2. The van der Waals surface area contributed by atoms with Gasteiger partial charge in [0.15, 0.2) is 5.13 Å².